The van der Waals surface area contributed by atoms with E-state index in [-0.39, 0.29) is 23.3 Å². The number of hydrogen-bond acceptors (Lipinski definition) is 5. The number of nitrogens with two attached hydrogens (primary N) is 1. The largest absolute Gasteiger partial charge is 0.359 e. The first-order valence-corrected chi connectivity index (χ1v) is 16.0. The van der Waals surface area contributed by atoms with Crippen molar-refractivity contribution >= 4 is 11.8 Å². The lowest BCUT2D eigenvalue weighted by molar-refractivity contribution is -0.133. The van der Waals surface area contributed by atoms with Gasteiger partial charge in [-0.05, 0) is 50.5 Å². The number of terminal acetylenes is 1. The van der Waals surface area contributed by atoms with Gasteiger partial charge in [0.05, 0.1) is 0 Å². The molecular weight excluding hydrogens is 536 g/mol. The van der Waals surface area contributed by atoms with Gasteiger partial charge < -0.3 is 16.0 Å². The predicted molar refractivity (Wildman–Crippen MR) is 181 cm³/mol. The highest BCUT2D eigenvalue weighted by molar-refractivity contribution is 5.76. The number of unbranched alkanes of at least 4 members (excludes halogenated alkanes) is 2. The Morgan fingerprint density at radius 2 is 1.53 bits per heavy atom. The summed E-state index contributed by atoms with van der Waals surface area (Å²) in [6, 6.07) is 8.44. The van der Waals surface area contributed by atoms with Gasteiger partial charge in [-0.1, -0.05) is 90.1 Å². The summed E-state index contributed by atoms with van der Waals surface area (Å²) in [5.41, 5.74) is 8.05. The van der Waals surface area contributed by atoms with Crippen molar-refractivity contribution in [2.45, 2.75) is 125 Å². The van der Waals surface area contributed by atoms with E-state index in [0.29, 0.717) is 12.8 Å². The number of carbonyl (C=O) groups is 2. The fraction of sp³-hybridized carbons (Fsp3) is 0.657. The minimum absolute atomic E-state index is 0.000000000000000222. The van der Waals surface area contributed by atoms with E-state index >= 15 is 0 Å². The van der Waals surface area contributed by atoms with Gasteiger partial charge in [0.2, 0.25) is 11.8 Å². The Kier molecular flexibility index (Phi) is 25.8. The molecule has 2 heterocycles. The summed E-state index contributed by atoms with van der Waals surface area (Å²) in [5.74, 6) is 0.283. The average Bonchev–Trinajstić information content (AvgIpc) is 3.55. The predicted octanol–water partition coefficient (Wildman–Crippen LogP) is 6.57. The zero-order valence-corrected chi connectivity index (χ0v) is 28.6. The molecule has 0 bridgehead atoms. The van der Waals surface area contributed by atoms with Crippen LogP contribution in [0.2, 0.25) is 0 Å². The molecule has 8 nitrogen and oxygen atoms in total. The van der Waals surface area contributed by atoms with Crippen LogP contribution in [0, 0.1) is 25.2 Å². The molecule has 2 aromatic rings. The van der Waals surface area contributed by atoms with Crippen molar-refractivity contribution in [3.63, 3.8) is 0 Å². The summed E-state index contributed by atoms with van der Waals surface area (Å²) >= 11 is 0. The van der Waals surface area contributed by atoms with Gasteiger partial charge in [-0.3, -0.25) is 14.3 Å². The molecule has 0 radical (unpaired) electrons. The summed E-state index contributed by atoms with van der Waals surface area (Å²) in [6.07, 6.45) is 21.7. The van der Waals surface area contributed by atoms with Gasteiger partial charge >= 0.3 is 0 Å². The van der Waals surface area contributed by atoms with E-state index in [1.807, 2.05) is 9.58 Å². The molecule has 0 aliphatic carbocycles. The first-order chi connectivity index (χ1) is 20.6. The fourth-order valence-corrected chi connectivity index (χ4v) is 4.07. The molecule has 0 unspecified atom stereocenters. The van der Waals surface area contributed by atoms with Crippen molar-refractivity contribution in [1.29, 1.82) is 0 Å². The molecule has 0 spiro atoms. The summed E-state index contributed by atoms with van der Waals surface area (Å²) in [5, 5.41) is 6.73. The molecule has 3 N–H and O–H groups in total. The van der Waals surface area contributed by atoms with Crippen LogP contribution in [0.4, 0.5) is 0 Å². The minimum Gasteiger partial charge on any atom is -0.359 e. The van der Waals surface area contributed by atoms with Crippen LogP contribution >= 0.6 is 0 Å². The number of nitrogens with one attached hydrogen (secondary N) is 1. The Labute approximate surface area is 263 Å². The molecule has 1 atom stereocenters. The van der Waals surface area contributed by atoms with E-state index in [2.05, 4.69) is 94.1 Å². The molecule has 1 aromatic heterocycles. The van der Waals surface area contributed by atoms with Gasteiger partial charge in [-0.25, -0.2) is 4.98 Å². The molecule has 1 aromatic carbocycles. The highest BCUT2D eigenvalue weighted by Gasteiger charge is 2.35. The SMILES string of the molecule is C#C.CCC1(Cn2cncn2)CCN(C(=O)CCc2ccc(C)cc2)CC1.CCCC.CCCC.CNC(=O)C[C@H](C)N. The number of carbonyl (C=O) groups excluding carboxylic acids is 2. The number of aryl methyl sites for hydroxylation is 2. The van der Waals surface area contributed by atoms with Gasteiger partial charge in [0.15, 0.2) is 0 Å². The lowest BCUT2D eigenvalue weighted by Gasteiger charge is -2.41. The van der Waals surface area contributed by atoms with Gasteiger partial charge in [-0.15, -0.1) is 12.8 Å². The summed E-state index contributed by atoms with van der Waals surface area (Å²) < 4.78 is 1.93. The van der Waals surface area contributed by atoms with E-state index in [0.717, 1.165) is 45.3 Å². The van der Waals surface area contributed by atoms with Gasteiger partial charge in [-0.2, -0.15) is 5.10 Å². The van der Waals surface area contributed by atoms with E-state index in [4.69, 9.17) is 5.73 Å². The molecule has 0 saturated carbocycles. The molecule has 8 heteroatoms. The molecule has 43 heavy (non-hydrogen) atoms. The molecule has 1 aliphatic heterocycles. The maximum atomic E-state index is 12.6. The smallest absolute Gasteiger partial charge is 0.222 e. The number of hydrogen-bond donors (Lipinski definition) is 2. The van der Waals surface area contributed by atoms with Crippen molar-refractivity contribution in [3.05, 3.63) is 48.0 Å². The highest BCUT2D eigenvalue weighted by atomic mass is 16.2. The Morgan fingerprint density at radius 1 is 1.00 bits per heavy atom. The number of likely N-dealkylation sites (tertiary alicyclic amines) is 1. The fourth-order valence-electron chi connectivity index (χ4n) is 4.07. The Balaban J connectivity index is 0. The molecular formula is C35H62N6O2. The molecule has 244 valence electrons. The third kappa shape index (κ3) is 20.4. The topological polar surface area (TPSA) is 106 Å². The highest BCUT2D eigenvalue weighted by Crippen LogP contribution is 2.36. The van der Waals surface area contributed by atoms with Crippen LogP contribution in [0.25, 0.3) is 0 Å². The zero-order chi connectivity index (χ0) is 33.1. The van der Waals surface area contributed by atoms with Crippen molar-refractivity contribution in [2.75, 3.05) is 20.1 Å². The quantitative estimate of drug-likeness (QED) is 0.301. The Bertz CT molecular complexity index is 938. The van der Waals surface area contributed by atoms with Gasteiger partial charge in [0, 0.05) is 45.6 Å². The molecule has 1 saturated heterocycles. The standard InChI is InChI=1S/C20H28N4O.C5H12N2O.2C4H10.C2H2/c1-3-20(14-24-16-21-15-22-24)10-12-23(13-11-20)19(25)9-8-18-6-4-17(2)5-7-18;1-4(6)3-5(8)7-2;2*1-3-4-2;1-2/h4-7,15-16H,3,8-14H2,1-2H3;4H,3,6H2,1-2H3,(H,7,8);2*3-4H2,1-2H3;1-2H/t;4-;;;/m.0.../s1. The van der Waals surface area contributed by atoms with E-state index in [1.165, 1.54) is 36.8 Å². The summed E-state index contributed by atoms with van der Waals surface area (Å²) in [6.45, 7) is 17.5. The first-order valence-electron chi connectivity index (χ1n) is 16.0. The number of piperidine rings is 1. The van der Waals surface area contributed by atoms with E-state index in [9.17, 15) is 9.59 Å². The van der Waals surface area contributed by atoms with E-state index < -0.39 is 0 Å². The third-order valence-electron chi connectivity index (χ3n) is 7.43. The average molecular weight is 599 g/mol. The van der Waals surface area contributed by atoms with Crippen LogP contribution in [0.15, 0.2) is 36.9 Å². The normalized spacial score (nSPS) is 13.6. The second-order valence-corrected chi connectivity index (χ2v) is 11.2. The van der Waals surface area contributed by atoms with Crippen LogP contribution in [-0.4, -0.2) is 57.7 Å². The number of amides is 2. The van der Waals surface area contributed by atoms with Crippen LogP contribution in [-0.2, 0) is 22.6 Å². The van der Waals surface area contributed by atoms with Crippen molar-refractivity contribution in [1.82, 2.24) is 25.0 Å². The van der Waals surface area contributed by atoms with Crippen molar-refractivity contribution < 1.29 is 9.59 Å². The second-order valence-electron chi connectivity index (χ2n) is 11.2. The number of benzene rings is 1. The Hall–Kier alpha value is -3.18. The van der Waals surface area contributed by atoms with Crippen molar-refractivity contribution in [2.24, 2.45) is 11.1 Å². The van der Waals surface area contributed by atoms with E-state index in [1.54, 1.807) is 26.6 Å². The lowest BCUT2D eigenvalue weighted by atomic mass is 9.76. The maximum Gasteiger partial charge on any atom is 0.222 e. The molecule has 1 fully saturated rings. The number of rotatable bonds is 10. The van der Waals surface area contributed by atoms with Crippen LogP contribution < -0.4 is 11.1 Å². The van der Waals surface area contributed by atoms with Crippen LogP contribution in [0.5, 0.6) is 0 Å². The number of nitrogens with zero attached hydrogens (tertiary/aromatic N) is 4. The zero-order valence-electron chi connectivity index (χ0n) is 28.6. The first kappa shape index (κ1) is 42.0. The lowest BCUT2D eigenvalue weighted by Crippen LogP contribution is -2.44. The maximum absolute atomic E-state index is 12.6. The minimum atomic E-state index is -0.0325. The number of aromatic nitrogens is 3. The van der Waals surface area contributed by atoms with Crippen LogP contribution in [0.3, 0.4) is 0 Å². The van der Waals surface area contributed by atoms with Crippen molar-refractivity contribution in [3.8, 4) is 12.8 Å². The summed E-state index contributed by atoms with van der Waals surface area (Å²) in [4.78, 5) is 29.1. The Morgan fingerprint density at radius 3 is 1.91 bits per heavy atom. The van der Waals surface area contributed by atoms with Crippen LogP contribution in [0.1, 0.15) is 110 Å². The second kappa shape index (κ2) is 26.4. The summed E-state index contributed by atoms with van der Waals surface area (Å²) in [7, 11) is 1.60. The molecule has 2 amide bonds. The van der Waals surface area contributed by atoms with Gasteiger partial charge in [0.25, 0.3) is 0 Å². The monoisotopic (exact) mass is 598 g/mol. The molecule has 1 aliphatic rings. The molecule has 3 rings (SSSR count). The van der Waals surface area contributed by atoms with Gasteiger partial charge in [0.1, 0.15) is 12.7 Å². The third-order valence-corrected chi connectivity index (χ3v) is 7.43.